The van der Waals surface area contributed by atoms with E-state index in [0.717, 1.165) is 6.07 Å². The number of nitrogens with one attached hydrogen (secondary N) is 4. The molecule has 0 aliphatic carbocycles. The van der Waals surface area contributed by atoms with Crippen molar-refractivity contribution in [3.05, 3.63) is 53.6 Å². The van der Waals surface area contributed by atoms with Crippen molar-refractivity contribution >= 4 is 89.6 Å². The molecular weight excluding hydrogens is 997 g/mol. The SMILES string of the molecule is CN(CC(CO)CCO)c1nc(NCCS(=O)(=O)[O-])nc(Nc2c[c-]c(C=Cc3ccc(Nc4nc(NCCS(=O)(=O)[O-])nc(N(C)CC(CO)CCO)n4)cc3S(=O)(=O)[O-])cc2)n1.[Na+].[Na+].[Na+].[Na+]. The van der Waals surface area contributed by atoms with Gasteiger partial charge in [0.25, 0.3) is 0 Å². The van der Waals surface area contributed by atoms with E-state index in [1.165, 1.54) is 35.3 Å². The number of aliphatic hydroxyl groups excluding tert-OH is 4. The molecule has 0 spiro atoms. The second kappa shape index (κ2) is 31.9. The van der Waals surface area contributed by atoms with E-state index < -0.39 is 46.8 Å². The third-order valence-corrected chi connectivity index (χ3v) is 11.2. The van der Waals surface area contributed by atoms with Gasteiger partial charge in [0.15, 0.2) is 0 Å². The van der Waals surface area contributed by atoms with Crippen LogP contribution in [0.25, 0.3) is 12.2 Å². The molecule has 0 fully saturated rings. The Morgan fingerprint density at radius 2 is 1.07 bits per heavy atom. The first-order valence-corrected chi connectivity index (χ1v) is 23.8. The van der Waals surface area contributed by atoms with Gasteiger partial charge in [0, 0.05) is 84.2 Å². The van der Waals surface area contributed by atoms with Crippen molar-refractivity contribution < 1.29 is 178 Å². The molecule has 0 saturated heterocycles. The maximum absolute atomic E-state index is 12.5. The van der Waals surface area contributed by atoms with Gasteiger partial charge in [-0.15, -0.1) is 30.3 Å². The summed E-state index contributed by atoms with van der Waals surface area (Å²) in [5.41, 5.74) is 0.958. The van der Waals surface area contributed by atoms with Gasteiger partial charge in [0.2, 0.25) is 35.7 Å². The third-order valence-electron chi connectivity index (χ3n) is 8.93. The van der Waals surface area contributed by atoms with Gasteiger partial charge in [-0.05, 0) is 36.2 Å². The van der Waals surface area contributed by atoms with E-state index >= 15 is 0 Å². The first-order chi connectivity index (χ1) is 30.2. The Bertz CT molecular complexity index is 2550. The Balaban J connectivity index is 0.0000112. The molecule has 0 amide bonds. The minimum Gasteiger partial charge on any atom is -0.748 e. The van der Waals surface area contributed by atoms with E-state index in [2.05, 4.69) is 57.2 Å². The van der Waals surface area contributed by atoms with Gasteiger partial charge < -0.3 is 65.2 Å². The maximum Gasteiger partial charge on any atom is 1.00 e. The van der Waals surface area contributed by atoms with Crippen LogP contribution in [0.15, 0.2) is 41.3 Å². The first-order valence-electron chi connectivity index (χ1n) is 19.2. The molecule has 25 nitrogen and oxygen atoms in total. The van der Waals surface area contributed by atoms with Gasteiger partial charge in [-0.25, -0.2) is 25.3 Å². The largest absolute Gasteiger partial charge is 1.00 e. The molecule has 0 aliphatic heterocycles. The van der Waals surface area contributed by atoms with E-state index in [1.807, 2.05) is 0 Å². The van der Waals surface area contributed by atoms with E-state index in [-0.39, 0.29) is 236 Å². The molecule has 4 aromatic rings. The van der Waals surface area contributed by atoms with Gasteiger partial charge in [0.05, 0.1) is 36.6 Å². The quantitative estimate of drug-likeness (QED) is 0.0119. The zero-order valence-corrected chi connectivity index (χ0v) is 49.0. The summed E-state index contributed by atoms with van der Waals surface area (Å²) >= 11 is 0. The topological polar surface area (TPSA) is 384 Å². The van der Waals surface area contributed by atoms with Crippen molar-refractivity contribution in [3.63, 3.8) is 0 Å². The molecule has 8 N–H and O–H groups in total. The number of benzene rings is 2. The Kier molecular flexibility index (Phi) is 31.2. The average molecular weight is 1050 g/mol. The molecule has 32 heteroatoms. The van der Waals surface area contributed by atoms with Crippen LogP contribution in [0, 0.1) is 17.9 Å². The molecule has 2 heterocycles. The molecule has 2 atom stereocenters. The average Bonchev–Trinajstić information content (AvgIpc) is 3.21. The van der Waals surface area contributed by atoms with Crippen LogP contribution in [0.4, 0.5) is 47.1 Å². The Morgan fingerprint density at radius 3 is 1.47 bits per heavy atom. The molecule has 0 radical (unpaired) electrons. The number of aromatic nitrogens is 6. The first kappa shape index (κ1) is 66.6. The zero-order valence-electron chi connectivity index (χ0n) is 38.5. The van der Waals surface area contributed by atoms with Crippen LogP contribution in [0.5, 0.6) is 0 Å². The summed E-state index contributed by atoms with van der Waals surface area (Å²) in [6.07, 6.45) is 3.46. The Labute approximate surface area is 483 Å². The van der Waals surface area contributed by atoms with Crippen molar-refractivity contribution in [2.75, 3.05) is 109 Å². The van der Waals surface area contributed by atoms with Crippen LogP contribution in [-0.2, 0) is 30.4 Å². The fourth-order valence-electron chi connectivity index (χ4n) is 5.72. The van der Waals surface area contributed by atoms with Gasteiger partial charge in [-0.2, -0.15) is 35.5 Å². The summed E-state index contributed by atoms with van der Waals surface area (Å²) in [6, 6.07) is 11.6. The molecule has 2 unspecified atom stereocenters. The van der Waals surface area contributed by atoms with Gasteiger partial charge in [-0.1, -0.05) is 12.1 Å². The van der Waals surface area contributed by atoms with Crippen LogP contribution < -0.4 is 149 Å². The number of aliphatic hydroxyl groups is 4. The molecule has 2 aromatic heterocycles. The van der Waals surface area contributed by atoms with Crippen LogP contribution >= 0.6 is 0 Å². The summed E-state index contributed by atoms with van der Waals surface area (Å²) in [7, 11) is -11.0. The van der Waals surface area contributed by atoms with Crippen LogP contribution in [-0.4, -0.2) is 167 Å². The summed E-state index contributed by atoms with van der Waals surface area (Å²) in [5, 5.41) is 49.2. The number of hydrogen-bond donors (Lipinski definition) is 8. The van der Waals surface area contributed by atoms with Crippen LogP contribution in [0.2, 0.25) is 0 Å². The van der Waals surface area contributed by atoms with Gasteiger partial charge in [0.1, 0.15) is 10.1 Å². The predicted octanol–water partition coefficient (Wildman–Crippen LogP) is -12.8. The normalized spacial score (nSPS) is 12.3. The zero-order chi connectivity index (χ0) is 47.1. The van der Waals surface area contributed by atoms with Crippen LogP contribution in [0.3, 0.4) is 0 Å². The molecule has 4 rings (SSSR count). The number of nitrogens with zero attached hydrogens (tertiary/aromatic N) is 8. The summed E-state index contributed by atoms with van der Waals surface area (Å²) < 4.78 is 104. The Morgan fingerprint density at radius 1 is 0.632 bits per heavy atom. The minimum absolute atomic E-state index is 0. The van der Waals surface area contributed by atoms with E-state index in [0.29, 0.717) is 17.7 Å². The number of hydrogen-bond acceptors (Lipinski definition) is 25. The number of rotatable bonds is 27. The minimum atomic E-state index is -5.07. The van der Waals surface area contributed by atoms with E-state index in [4.69, 9.17) is 0 Å². The van der Waals surface area contributed by atoms with Crippen molar-refractivity contribution in [2.45, 2.75) is 17.7 Å². The molecular formula is C36H48N12Na4O13S3. The predicted molar refractivity (Wildman–Crippen MR) is 232 cm³/mol. The second-order valence-corrected chi connectivity index (χ2v) is 18.5. The van der Waals surface area contributed by atoms with E-state index in [9.17, 15) is 59.3 Å². The van der Waals surface area contributed by atoms with E-state index in [1.54, 1.807) is 31.1 Å². The third kappa shape index (κ3) is 23.9. The fraction of sp³-hybridized carbons (Fsp3) is 0.444. The molecule has 0 bridgehead atoms. The summed E-state index contributed by atoms with van der Waals surface area (Å²) in [5.74, 6) is -2.40. The second-order valence-electron chi connectivity index (χ2n) is 14.1. The summed E-state index contributed by atoms with van der Waals surface area (Å²) in [6.45, 7) is -1.01. The smallest absolute Gasteiger partial charge is 0.748 e. The van der Waals surface area contributed by atoms with Crippen molar-refractivity contribution in [3.8, 4) is 0 Å². The molecule has 352 valence electrons. The summed E-state index contributed by atoms with van der Waals surface area (Å²) in [4.78, 5) is 28.2. The fourth-order valence-corrected chi connectivity index (χ4v) is 7.12. The standard InChI is InChI=1S/C36H51N12O13S3.4Na/c1-47(20-25(22-51)11-15-49)35-43-31(37-13-17-62(53,54)55)41-33(45-35)39-28-8-4-24(5-9-28)3-6-27-7-10-29(19-30(27)64(59,60)61)40-34-42-32(38-14-18-63(56,57)58)44-36(46-34)48(2)21-26(23-52)12-16-50;;;;/h3-4,6-10,19,25-26,49-52H,11-18,20-23H2,1-2H3,(H,53,54,55)(H,56,57,58)(H,59,60,61)(H2,37,39,41,43,45)(H2,38,40,42,44,46);;;;/q-1;4*+1/p-3. The van der Waals surface area contributed by atoms with Crippen molar-refractivity contribution in [1.82, 2.24) is 29.9 Å². The molecule has 2 aromatic carbocycles. The molecule has 0 aliphatic rings. The molecule has 0 saturated carbocycles. The Hall–Kier alpha value is -1.43. The molecule has 68 heavy (non-hydrogen) atoms. The van der Waals surface area contributed by atoms with Gasteiger partial charge >= 0.3 is 118 Å². The number of anilines is 8. The van der Waals surface area contributed by atoms with Crippen molar-refractivity contribution in [1.29, 1.82) is 0 Å². The van der Waals surface area contributed by atoms with Crippen LogP contribution in [0.1, 0.15) is 24.0 Å². The van der Waals surface area contributed by atoms with Gasteiger partial charge in [-0.3, -0.25) is 0 Å². The van der Waals surface area contributed by atoms with Crippen molar-refractivity contribution in [2.24, 2.45) is 11.8 Å². The maximum atomic E-state index is 12.5. The monoisotopic (exact) mass is 1040 g/mol.